The van der Waals surface area contributed by atoms with E-state index >= 15 is 0 Å². The molecule has 0 aromatic heterocycles. The van der Waals surface area contributed by atoms with E-state index in [9.17, 15) is 9.59 Å². The number of likely N-dealkylation sites (N-methyl/N-ethyl adjacent to an activating group) is 1. The molecule has 5 heteroatoms. The van der Waals surface area contributed by atoms with Crippen molar-refractivity contribution in [2.75, 3.05) is 26.7 Å². The Morgan fingerprint density at radius 3 is 2.60 bits per heavy atom. The third-order valence-electron chi connectivity index (χ3n) is 3.80. The molecule has 108 valence electrons. The molecule has 2 rings (SSSR count). The molecule has 1 aromatic carbocycles. The first-order valence-electron chi connectivity index (χ1n) is 6.89. The molecule has 2 N–H and O–H groups in total. The number of hydrogen-bond acceptors (Lipinski definition) is 3. The van der Waals surface area contributed by atoms with Gasteiger partial charge in [0.1, 0.15) is 6.04 Å². The molecule has 1 fully saturated rings. The van der Waals surface area contributed by atoms with Gasteiger partial charge in [-0.1, -0.05) is 30.3 Å². The van der Waals surface area contributed by atoms with Crippen LogP contribution >= 0.6 is 0 Å². The van der Waals surface area contributed by atoms with Crippen LogP contribution in [0.5, 0.6) is 0 Å². The van der Waals surface area contributed by atoms with E-state index in [1.165, 1.54) is 0 Å². The second-order valence-electron chi connectivity index (χ2n) is 5.22. The van der Waals surface area contributed by atoms with Gasteiger partial charge in [-0.05, 0) is 19.0 Å². The highest BCUT2D eigenvalue weighted by atomic mass is 16.2. The largest absolute Gasteiger partial charge is 0.368 e. The van der Waals surface area contributed by atoms with E-state index in [4.69, 9.17) is 5.73 Å². The summed E-state index contributed by atoms with van der Waals surface area (Å²) in [5, 5.41) is 0. The van der Waals surface area contributed by atoms with Crippen LogP contribution in [0.2, 0.25) is 0 Å². The van der Waals surface area contributed by atoms with Gasteiger partial charge < -0.3 is 10.6 Å². The van der Waals surface area contributed by atoms with Crippen molar-refractivity contribution in [3.63, 3.8) is 0 Å². The van der Waals surface area contributed by atoms with Gasteiger partial charge in [0.25, 0.3) is 0 Å². The van der Waals surface area contributed by atoms with Crippen molar-refractivity contribution >= 4 is 11.8 Å². The Bertz CT molecular complexity index is 475. The number of hydrogen-bond donors (Lipinski definition) is 1. The van der Waals surface area contributed by atoms with Crippen molar-refractivity contribution in [3.05, 3.63) is 35.9 Å². The van der Waals surface area contributed by atoms with Crippen LogP contribution in [0.3, 0.4) is 0 Å². The Balaban J connectivity index is 1.88. The van der Waals surface area contributed by atoms with Gasteiger partial charge in [-0.2, -0.15) is 0 Å². The summed E-state index contributed by atoms with van der Waals surface area (Å²) in [6, 6.07) is 9.57. The molecule has 0 spiro atoms. The number of primary amides is 1. The lowest BCUT2D eigenvalue weighted by Gasteiger charge is -2.37. The summed E-state index contributed by atoms with van der Waals surface area (Å²) in [5.41, 5.74) is 6.52. The summed E-state index contributed by atoms with van der Waals surface area (Å²) >= 11 is 0. The monoisotopic (exact) mass is 275 g/mol. The first-order valence-corrected chi connectivity index (χ1v) is 6.89. The molecule has 5 nitrogen and oxygen atoms in total. The van der Waals surface area contributed by atoms with E-state index in [-0.39, 0.29) is 17.9 Å². The number of carbonyl (C=O) groups excluding carboxylic acids is 2. The zero-order valence-electron chi connectivity index (χ0n) is 11.8. The van der Waals surface area contributed by atoms with E-state index in [0.29, 0.717) is 26.1 Å². The van der Waals surface area contributed by atoms with Gasteiger partial charge in [0.15, 0.2) is 0 Å². The zero-order valence-corrected chi connectivity index (χ0v) is 11.8. The fraction of sp³-hybridized carbons (Fsp3) is 0.467. The fourth-order valence-electron chi connectivity index (χ4n) is 2.46. The molecule has 1 aliphatic heterocycles. The molecular weight excluding hydrogens is 254 g/mol. The number of amides is 2. The molecule has 20 heavy (non-hydrogen) atoms. The van der Waals surface area contributed by atoms with Crippen LogP contribution in [0, 0.1) is 0 Å². The molecule has 0 radical (unpaired) electrons. The number of aryl methyl sites for hydroxylation is 1. The lowest BCUT2D eigenvalue weighted by molar-refractivity contribution is -0.136. The molecule has 1 atom stereocenters. The second kappa shape index (κ2) is 6.52. The van der Waals surface area contributed by atoms with Crippen LogP contribution in [-0.2, 0) is 16.0 Å². The summed E-state index contributed by atoms with van der Waals surface area (Å²) in [5.74, 6) is -0.277. The van der Waals surface area contributed by atoms with Crippen molar-refractivity contribution < 1.29 is 9.59 Å². The Labute approximate surface area is 119 Å². The highest BCUT2D eigenvalue weighted by Gasteiger charge is 2.30. The van der Waals surface area contributed by atoms with Crippen molar-refractivity contribution in [1.29, 1.82) is 0 Å². The van der Waals surface area contributed by atoms with E-state index in [1.54, 1.807) is 4.90 Å². The SMILES string of the molecule is CN1CCN(C(=O)CCc2ccccc2)C[C@H]1C(N)=O. The maximum Gasteiger partial charge on any atom is 0.236 e. The molecular formula is C15H21N3O2. The summed E-state index contributed by atoms with van der Waals surface area (Å²) in [7, 11) is 1.86. The van der Waals surface area contributed by atoms with Crippen LogP contribution < -0.4 is 5.73 Å². The molecule has 0 saturated carbocycles. The minimum absolute atomic E-state index is 0.0909. The predicted molar refractivity (Wildman–Crippen MR) is 77.0 cm³/mol. The Morgan fingerprint density at radius 1 is 1.25 bits per heavy atom. The number of rotatable bonds is 4. The van der Waals surface area contributed by atoms with Crippen molar-refractivity contribution in [1.82, 2.24) is 9.80 Å². The number of carbonyl (C=O) groups is 2. The van der Waals surface area contributed by atoms with Crippen LogP contribution in [0.4, 0.5) is 0 Å². The van der Waals surface area contributed by atoms with Gasteiger partial charge >= 0.3 is 0 Å². The maximum atomic E-state index is 12.2. The molecule has 0 bridgehead atoms. The topological polar surface area (TPSA) is 66.6 Å². The summed E-state index contributed by atoms with van der Waals surface area (Å²) in [4.78, 5) is 27.2. The Kier molecular flexibility index (Phi) is 4.74. The van der Waals surface area contributed by atoms with Crippen molar-refractivity contribution in [3.8, 4) is 0 Å². The minimum Gasteiger partial charge on any atom is -0.368 e. The zero-order chi connectivity index (χ0) is 14.5. The molecule has 1 aromatic rings. The third kappa shape index (κ3) is 3.57. The van der Waals surface area contributed by atoms with E-state index < -0.39 is 0 Å². The second-order valence-corrected chi connectivity index (χ2v) is 5.22. The smallest absolute Gasteiger partial charge is 0.236 e. The Hall–Kier alpha value is -1.88. The van der Waals surface area contributed by atoms with Gasteiger partial charge in [-0.3, -0.25) is 14.5 Å². The summed E-state index contributed by atoms with van der Waals surface area (Å²) < 4.78 is 0. The fourth-order valence-corrected chi connectivity index (χ4v) is 2.46. The average Bonchev–Trinajstić information content (AvgIpc) is 2.46. The maximum absolute atomic E-state index is 12.2. The van der Waals surface area contributed by atoms with Gasteiger partial charge in [-0.25, -0.2) is 0 Å². The van der Waals surface area contributed by atoms with Gasteiger partial charge in [0.2, 0.25) is 11.8 Å². The molecule has 0 aliphatic carbocycles. The standard InChI is InChI=1S/C15H21N3O2/c1-17-9-10-18(11-13(17)15(16)20)14(19)8-7-12-5-3-2-4-6-12/h2-6,13H,7-11H2,1H3,(H2,16,20)/t13-/m0/s1. The van der Waals surface area contributed by atoms with Crippen molar-refractivity contribution in [2.24, 2.45) is 5.73 Å². The lowest BCUT2D eigenvalue weighted by atomic mass is 10.1. The first-order chi connectivity index (χ1) is 9.58. The highest BCUT2D eigenvalue weighted by molar-refractivity contribution is 5.82. The number of nitrogens with zero attached hydrogens (tertiary/aromatic N) is 2. The number of piperazine rings is 1. The van der Waals surface area contributed by atoms with Crippen molar-refractivity contribution in [2.45, 2.75) is 18.9 Å². The van der Waals surface area contributed by atoms with Gasteiger partial charge in [0, 0.05) is 26.1 Å². The Morgan fingerprint density at radius 2 is 1.95 bits per heavy atom. The summed E-state index contributed by atoms with van der Waals surface area (Å²) in [6.45, 7) is 1.75. The molecule has 0 unspecified atom stereocenters. The number of benzene rings is 1. The minimum atomic E-state index is -0.371. The van der Waals surface area contributed by atoms with E-state index in [0.717, 1.165) is 12.0 Å². The average molecular weight is 275 g/mol. The molecule has 1 saturated heterocycles. The normalized spacial score (nSPS) is 19.9. The highest BCUT2D eigenvalue weighted by Crippen LogP contribution is 2.11. The van der Waals surface area contributed by atoms with E-state index in [1.807, 2.05) is 42.3 Å². The first kappa shape index (κ1) is 14.5. The van der Waals surface area contributed by atoms with E-state index in [2.05, 4.69) is 0 Å². The van der Waals surface area contributed by atoms with Crippen LogP contribution in [0.25, 0.3) is 0 Å². The van der Waals surface area contributed by atoms with Crippen LogP contribution in [0.1, 0.15) is 12.0 Å². The molecule has 2 amide bonds. The summed E-state index contributed by atoms with van der Waals surface area (Å²) in [6.07, 6.45) is 1.20. The van der Waals surface area contributed by atoms with Crippen LogP contribution in [0.15, 0.2) is 30.3 Å². The van der Waals surface area contributed by atoms with Gasteiger partial charge in [-0.15, -0.1) is 0 Å². The molecule has 1 heterocycles. The van der Waals surface area contributed by atoms with Gasteiger partial charge in [0.05, 0.1) is 0 Å². The molecule has 1 aliphatic rings. The lowest BCUT2D eigenvalue weighted by Crippen LogP contribution is -2.57. The number of nitrogens with two attached hydrogens (primary N) is 1. The van der Waals surface area contributed by atoms with Crippen LogP contribution in [-0.4, -0.2) is 54.3 Å². The quantitative estimate of drug-likeness (QED) is 0.856. The third-order valence-corrected chi connectivity index (χ3v) is 3.80. The predicted octanol–water partition coefficient (Wildman–Crippen LogP) is 0.247.